The third-order valence-corrected chi connectivity index (χ3v) is 7.21. The van der Waals surface area contributed by atoms with Gasteiger partial charge in [-0.05, 0) is 18.2 Å². The van der Waals surface area contributed by atoms with Crippen molar-refractivity contribution in [2.45, 2.75) is 22.8 Å². The highest BCUT2D eigenvalue weighted by Crippen LogP contribution is 2.39. The molecule has 0 radical (unpaired) electrons. The van der Waals surface area contributed by atoms with Gasteiger partial charge in [-0.3, -0.25) is 0 Å². The van der Waals surface area contributed by atoms with Crippen LogP contribution in [-0.4, -0.2) is 61.4 Å². The second kappa shape index (κ2) is 9.00. The highest BCUT2D eigenvalue weighted by Gasteiger charge is 2.51. The number of aliphatic hydroxyl groups excluding tert-OH is 1. The summed E-state index contributed by atoms with van der Waals surface area (Å²) in [4.78, 5) is 2.27. The quantitative estimate of drug-likeness (QED) is 0.584. The van der Waals surface area contributed by atoms with E-state index in [9.17, 15) is 31.8 Å². The highest BCUT2D eigenvalue weighted by molar-refractivity contribution is 7.89. The lowest BCUT2D eigenvalue weighted by molar-refractivity contribution is -0.137. The molecule has 2 atom stereocenters. The Labute approximate surface area is 192 Å². The molecule has 33 heavy (non-hydrogen) atoms. The number of rotatable bonds is 6. The zero-order valence-corrected chi connectivity index (χ0v) is 18.6. The smallest absolute Gasteiger partial charge is 0.415 e. The number of hydrogen-bond acceptors (Lipinski definition) is 6. The zero-order valence-electron chi connectivity index (χ0n) is 17.0. The van der Waals surface area contributed by atoms with Crippen molar-refractivity contribution in [3.05, 3.63) is 58.4 Å². The molecule has 0 unspecified atom stereocenters. The van der Waals surface area contributed by atoms with Crippen molar-refractivity contribution in [1.29, 1.82) is 0 Å². The van der Waals surface area contributed by atoms with E-state index in [-0.39, 0.29) is 11.5 Å². The molecule has 0 aliphatic carbocycles. The lowest BCUT2D eigenvalue weighted by atomic mass is 10.0. The second-order valence-electron chi connectivity index (χ2n) is 7.25. The van der Waals surface area contributed by atoms with E-state index in [1.54, 1.807) is 0 Å². The molecule has 2 N–H and O–H groups in total. The first-order valence-corrected chi connectivity index (χ1v) is 11.1. The third-order valence-electron chi connectivity index (χ3n) is 5.11. The maximum Gasteiger partial charge on any atom is 0.415 e. The molecule has 178 valence electrons. The van der Waals surface area contributed by atoms with Gasteiger partial charge in [0.15, 0.2) is 11.5 Å². The molecule has 13 heteroatoms. The minimum Gasteiger partial charge on any atom is -0.493 e. The highest BCUT2D eigenvalue weighted by atomic mass is 35.5. The van der Waals surface area contributed by atoms with Crippen molar-refractivity contribution >= 4 is 27.3 Å². The first-order valence-electron chi connectivity index (χ1n) is 9.28. The van der Waals surface area contributed by atoms with Crippen LogP contribution in [0.1, 0.15) is 5.56 Å². The summed E-state index contributed by atoms with van der Waals surface area (Å²) in [6.07, 6.45) is -6.03. The van der Waals surface area contributed by atoms with Crippen molar-refractivity contribution in [3.63, 3.8) is 0 Å². The van der Waals surface area contributed by atoms with E-state index in [1.165, 1.54) is 25.3 Å². The Bertz CT molecular complexity index is 1200. The standard InChI is InChI=1S/C20H18ClF3N2O6S/c1-25-14-7-12(20(22,23)24)3-6-17(14)33(29,30)26-9-18(19(28,10-26)11-27)32-15-5-4-13(21)8-16(15)31-2/h3-8,18,27-28H,9-11H2,2H3/t18-,19+/m0/s1. The summed E-state index contributed by atoms with van der Waals surface area (Å²) in [5, 5.41) is 20.9. The van der Waals surface area contributed by atoms with Crippen LogP contribution in [0.25, 0.3) is 4.85 Å². The molecular formula is C20H18ClF3N2O6S. The Balaban J connectivity index is 1.96. The minimum atomic E-state index is -4.76. The van der Waals surface area contributed by atoms with Gasteiger partial charge in [0.25, 0.3) is 0 Å². The molecule has 8 nitrogen and oxygen atoms in total. The van der Waals surface area contributed by atoms with Crippen LogP contribution in [0, 0.1) is 6.57 Å². The van der Waals surface area contributed by atoms with Gasteiger partial charge in [-0.25, -0.2) is 13.3 Å². The molecule has 2 aromatic rings. The predicted octanol–water partition coefficient (Wildman–Crippen LogP) is 3.09. The molecule has 0 spiro atoms. The van der Waals surface area contributed by atoms with E-state index in [4.69, 9.17) is 27.6 Å². The van der Waals surface area contributed by atoms with Crippen LogP contribution in [0.5, 0.6) is 11.5 Å². The number of alkyl halides is 3. The number of β-amino-alcohol motifs (C(OH)–C–C–N with tert-alkyl or cyclic N) is 1. The normalized spacial score (nSPS) is 21.6. The summed E-state index contributed by atoms with van der Waals surface area (Å²) in [5.74, 6) is 0.316. The average molecular weight is 507 g/mol. The number of sulfonamides is 1. The monoisotopic (exact) mass is 506 g/mol. The summed E-state index contributed by atoms with van der Waals surface area (Å²) >= 11 is 5.91. The Morgan fingerprint density at radius 1 is 1.27 bits per heavy atom. The van der Waals surface area contributed by atoms with Gasteiger partial charge < -0.3 is 19.7 Å². The van der Waals surface area contributed by atoms with Crippen LogP contribution in [0.15, 0.2) is 41.3 Å². The summed E-state index contributed by atoms with van der Waals surface area (Å²) < 4.78 is 76.8. The van der Waals surface area contributed by atoms with Gasteiger partial charge in [-0.1, -0.05) is 23.7 Å². The zero-order chi connectivity index (χ0) is 24.6. The SMILES string of the molecule is [C-]#[N+]c1cc(C(F)(F)F)ccc1S(=O)(=O)N1C[C@H](Oc2ccc(Cl)cc2OC)[C@](O)(CO)C1. The average Bonchev–Trinajstić information content (AvgIpc) is 3.11. The first kappa shape index (κ1) is 25.1. The summed E-state index contributed by atoms with van der Waals surface area (Å²) in [5.41, 5.74) is -3.93. The van der Waals surface area contributed by atoms with Gasteiger partial charge in [-0.2, -0.15) is 17.5 Å². The van der Waals surface area contributed by atoms with Crippen molar-refractivity contribution < 1.29 is 41.3 Å². The minimum absolute atomic E-state index is 0.120. The fourth-order valence-electron chi connectivity index (χ4n) is 3.34. The Hall–Kier alpha value is -2.56. The fourth-order valence-corrected chi connectivity index (χ4v) is 5.11. The van der Waals surface area contributed by atoms with E-state index in [1.807, 2.05) is 0 Å². The number of hydrogen-bond donors (Lipinski definition) is 2. The van der Waals surface area contributed by atoms with Gasteiger partial charge in [0.05, 0.1) is 31.7 Å². The molecule has 3 rings (SSSR count). The summed E-state index contributed by atoms with van der Waals surface area (Å²) in [7, 11) is -3.18. The molecule has 0 saturated carbocycles. The first-order chi connectivity index (χ1) is 15.4. The largest absolute Gasteiger partial charge is 0.493 e. The van der Waals surface area contributed by atoms with E-state index >= 15 is 0 Å². The van der Waals surface area contributed by atoms with Crippen LogP contribution in [0.4, 0.5) is 18.9 Å². The van der Waals surface area contributed by atoms with Crippen molar-refractivity contribution in [2.24, 2.45) is 0 Å². The van der Waals surface area contributed by atoms with Crippen LogP contribution in [0.3, 0.4) is 0 Å². The summed E-state index contributed by atoms with van der Waals surface area (Å²) in [6, 6.07) is 6.04. The van der Waals surface area contributed by atoms with Gasteiger partial charge in [0.2, 0.25) is 15.7 Å². The van der Waals surface area contributed by atoms with Gasteiger partial charge in [0, 0.05) is 23.2 Å². The Morgan fingerprint density at radius 3 is 2.55 bits per heavy atom. The molecule has 0 bridgehead atoms. The molecule has 2 aromatic carbocycles. The second-order valence-corrected chi connectivity index (χ2v) is 9.60. The number of ether oxygens (including phenoxy) is 2. The van der Waals surface area contributed by atoms with E-state index in [0.717, 1.165) is 4.31 Å². The maximum atomic E-state index is 13.2. The molecule has 1 aliphatic heterocycles. The van der Waals surface area contributed by atoms with Crippen LogP contribution in [0.2, 0.25) is 5.02 Å². The molecule has 0 aromatic heterocycles. The number of halogens is 4. The van der Waals surface area contributed by atoms with Crippen LogP contribution < -0.4 is 9.47 Å². The maximum absolute atomic E-state index is 13.2. The van der Waals surface area contributed by atoms with Gasteiger partial charge in [-0.15, -0.1) is 0 Å². The van der Waals surface area contributed by atoms with Gasteiger partial charge >= 0.3 is 6.18 Å². The van der Waals surface area contributed by atoms with Crippen LogP contribution in [-0.2, 0) is 16.2 Å². The van der Waals surface area contributed by atoms with Crippen LogP contribution >= 0.6 is 11.6 Å². The predicted molar refractivity (Wildman–Crippen MR) is 111 cm³/mol. The van der Waals surface area contributed by atoms with Crippen molar-refractivity contribution in [1.82, 2.24) is 4.31 Å². The van der Waals surface area contributed by atoms with E-state index in [2.05, 4.69) is 4.85 Å². The van der Waals surface area contributed by atoms with Crippen molar-refractivity contribution in [3.8, 4) is 11.5 Å². The van der Waals surface area contributed by atoms with E-state index in [0.29, 0.717) is 23.2 Å². The van der Waals surface area contributed by atoms with E-state index < -0.39 is 63.7 Å². The van der Waals surface area contributed by atoms with Gasteiger partial charge in [0.1, 0.15) is 11.7 Å². The molecule has 1 aliphatic rings. The Kier molecular flexibility index (Phi) is 6.84. The molecule has 1 heterocycles. The number of aliphatic hydroxyl groups is 2. The molecular weight excluding hydrogens is 489 g/mol. The lowest BCUT2D eigenvalue weighted by Crippen LogP contribution is -2.48. The number of benzene rings is 2. The van der Waals surface area contributed by atoms with Crippen molar-refractivity contribution in [2.75, 3.05) is 26.8 Å². The number of nitrogens with zero attached hydrogens (tertiary/aromatic N) is 2. The molecule has 1 fully saturated rings. The summed E-state index contributed by atoms with van der Waals surface area (Å²) in [6.45, 7) is 5.19. The fraction of sp³-hybridized carbons (Fsp3) is 0.350. The molecule has 1 saturated heterocycles. The Morgan fingerprint density at radius 2 is 1.97 bits per heavy atom. The topological polar surface area (TPSA) is 101 Å². The number of methoxy groups -OCH3 is 1. The third kappa shape index (κ3) is 4.87. The lowest BCUT2D eigenvalue weighted by Gasteiger charge is -2.27. The molecule has 0 amide bonds.